The van der Waals surface area contributed by atoms with E-state index in [9.17, 15) is 0 Å². The van der Waals surface area contributed by atoms with E-state index in [-0.39, 0.29) is 6.61 Å². The zero-order valence-corrected chi connectivity index (χ0v) is 16.0. The van der Waals surface area contributed by atoms with E-state index in [0.717, 1.165) is 18.7 Å². The summed E-state index contributed by atoms with van der Waals surface area (Å²) in [6, 6.07) is 17.9. The fourth-order valence-electron chi connectivity index (χ4n) is 4.40. The molecular formula is C23H30N2O2. The maximum Gasteiger partial charge on any atom is 0.119 e. The molecule has 1 fully saturated rings. The summed E-state index contributed by atoms with van der Waals surface area (Å²) in [7, 11) is 0. The molecule has 1 N–H and O–H groups in total. The first-order valence-electron chi connectivity index (χ1n) is 10.2. The minimum atomic E-state index is 0.0563. The van der Waals surface area contributed by atoms with Gasteiger partial charge in [0.15, 0.2) is 0 Å². The fraction of sp³-hybridized carbons (Fsp3) is 0.478. The number of nitrogens with zero attached hydrogens (tertiary/aromatic N) is 2. The Labute approximate surface area is 162 Å². The van der Waals surface area contributed by atoms with Crippen LogP contribution >= 0.6 is 0 Å². The van der Waals surface area contributed by atoms with E-state index in [1.807, 2.05) is 12.1 Å². The maximum absolute atomic E-state index is 8.81. The molecule has 27 heavy (non-hydrogen) atoms. The Morgan fingerprint density at radius 1 is 0.963 bits per heavy atom. The van der Waals surface area contributed by atoms with Crippen molar-refractivity contribution in [3.05, 3.63) is 59.7 Å². The Hall–Kier alpha value is -2.04. The zero-order chi connectivity index (χ0) is 18.5. The van der Waals surface area contributed by atoms with E-state index in [1.165, 1.54) is 55.7 Å². The number of rotatable bonds is 7. The zero-order valence-electron chi connectivity index (χ0n) is 16.0. The van der Waals surface area contributed by atoms with Crippen LogP contribution in [0.15, 0.2) is 48.5 Å². The molecule has 0 spiro atoms. The molecule has 1 saturated heterocycles. The summed E-state index contributed by atoms with van der Waals surface area (Å²) in [4.78, 5) is 5.26. The molecule has 0 bridgehead atoms. The molecule has 4 rings (SSSR count). The van der Waals surface area contributed by atoms with E-state index in [2.05, 4.69) is 46.2 Å². The van der Waals surface area contributed by atoms with Gasteiger partial charge in [-0.3, -0.25) is 0 Å². The molecule has 2 aromatic carbocycles. The summed E-state index contributed by atoms with van der Waals surface area (Å²) in [5.41, 5.74) is 4.34. The highest BCUT2D eigenvalue weighted by Crippen LogP contribution is 2.32. The molecule has 2 aliphatic rings. The van der Waals surface area contributed by atoms with Crippen LogP contribution in [0.1, 0.15) is 24.0 Å². The molecule has 0 unspecified atom stereocenters. The van der Waals surface area contributed by atoms with Crippen molar-refractivity contribution < 1.29 is 9.84 Å². The fourth-order valence-corrected chi connectivity index (χ4v) is 4.40. The summed E-state index contributed by atoms with van der Waals surface area (Å²) < 4.78 is 5.43. The van der Waals surface area contributed by atoms with Gasteiger partial charge in [0.2, 0.25) is 0 Å². The highest BCUT2D eigenvalue weighted by atomic mass is 16.5. The molecule has 2 heterocycles. The number of piperidine rings is 1. The van der Waals surface area contributed by atoms with Gasteiger partial charge in [-0.25, -0.2) is 0 Å². The number of hydrogen-bond donors (Lipinski definition) is 1. The van der Waals surface area contributed by atoms with Gasteiger partial charge < -0.3 is 19.6 Å². The average Bonchev–Trinajstić information content (AvgIpc) is 3.16. The second kappa shape index (κ2) is 8.77. The monoisotopic (exact) mass is 366 g/mol. The third kappa shape index (κ3) is 4.45. The highest BCUT2D eigenvalue weighted by molar-refractivity contribution is 5.58. The summed E-state index contributed by atoms with van der Waals surface area (Å²) in [6.07, 6.45) is 4.82. The summed E-state index contributed by atoms with van der Waals surface area (Å²) in [5, 5.41) is 8.81. The summed E-state index contributed by atoms with van der Waals surface area (Å²) >= 11 is 0. The van der Waals surface area contributed by atoms with E-state index >= 15 is 0 Å². The topological polar surface area (TPSA) is 35.9 Å². The predicted octanol–water partition coefficient (Wildman–Crippen LogP) is 3.13. The molecule has 2 aromatic rings. The van der Waals surface area contributed by atoms with Crippen LogP contribution in [0.3, 0.4) is 0 Å². The van der Waals surface area contributed by atoms with Gasteiger partial charge in [0.25, 0.3) is 0 Å². The second-order valence-electron chi connectivity index (χ2n) is 7.61. The number of benzene rings is 2. The van der Waals surface area contributed by atoms with Crippen LogP contribution in [0.4, 0.5) is 5.69 Å². The van der Waals surface area contributed by atoms with Crippen molar-refractivity contribution in [1.29, 1.82) is 0 Å². The van der Waals surface area contributed by atoms with E-state index in [0.29, 0.717) is 12.6 Å². The molecule has 0 radical (unpaired) electrons. The number of para-hydroxylation sites is 1. The lowest BCUT2D eigenvalue weighted by Crippen LogP contribution is -2.44. The van der Waals surface area contributed by atoms with E-state index in [1.54, 1.807) is 0 Å². The molecule has 2 aliphatic heterocycles. The van der Waals surface area contributed by atoms with Crippen LogP contribution in [-0.2, 0) is 12.8 Å². The van der Waals surface area contributed by atoms with Gasteiger partial charge in [-0.15, -0.1) is 0 Å². The van der Waals surface area contributed by atoms with Crippen molar-refractivity contribution in [2.75, 3.05) is 44.3 Å². The quantitative estimate of drug-likeness (QED) is 0.817. The SMILES string of the molecule is OCCOc1ccc(CCN2CCC(N3CCc4ccccc43)CC2)cc1. The van der Waals surface area contributed by atoms with Gasteiger partial charge in [-0.05, 0) is 55.0 Å². The first-order chi connectivity index (χ1) is 13.3. The summed E-state index contributed by atoms with van der Waals surface area (Å²) in [5.74, 6) is 0.833. The standard InChI is InChI=1S/C23H30N2O2/c26-17-18-27-22-7-5-19(6-8-22)9-13-24-14-11-21(12-15-24)25-16-10-20-3-1-2-4-23(20)25/h1-8,21,26H,9-18H2. The molecular weight excluding hydrogens is 336 g/mol. The smallest absolute Gasteiger partial charge is 0.119 e. The van der Waals surface area contributed by atoms with Crippen LogP contribution in [0.5, 0.6) is 5.75 Å². The minimum absolute atomic E-state index is 0.0563. The van der Waals surface area contributed by atoms with Crippen LogP contribution in [0, 0.1) is 0 Å². The Kier molecular flexibility index (Phi) is 5.95. The Bertz CT molecular complexity index is 723. The van der Waals surface area contributed by atoms with Crippen molar-refractivity contribution in [2.45, 2.75) is 31.7 Å². The van der Waals surface area contributed by atoms with E-state index < -0.39 is 0 Å². The van der Waals surface area contributed by atoms with Crippen LogP contribution in [-0.4, -0.2) is 55.4 Å². The first-order valence-corrected chi connectivity index (χ1v) is 10.2. The van der Waals surface area contributed by atoms with Crippen LogP contribution in [0.25, 0.3) is 0 Å². The molecule has 0 aliphatic carbocycles. The number of ether oxygens (including phenoxy) is 1. The maximum atomic E-state index is 8.81. The normalized spacial score (nSPS) is 17.9. The summed E-state index contributed by atoms with van der Waals surface area (Å²) in [6.45, 7) is 5.12. The number of fused-ring (bicyclic) bond motifs is 1. The van der Waals surface area contributed by atoms with Gasteiger partial charge in [0.1, 0.15) is 12.4 Å². The Morgan fingerprint density at radius 3 is 2.52 bits per heavy atom. The van der Waals surface area contributed by atoms with Gasteiger partial charge in [-0.1, -0.05) is 30.3 Å². The van der Waals surface area contributed by atoms with Gasteiger partial charge in [0, 0.05) is 37.9 Å². The molecule has 0 amide bonds. The number of aliphatic hydroxyl groups is 1. The van der Waals surface area contributed by atoms with Crippen LogP contribution in [0.2, 0.25) is 0 Å². The largest absolute Gasteiger partial charge is 0.491 e. The molecule has 4 nitrogen and oxygen atoms in total. The van der Waals surface area contributed by atoms with Crippen molar-refractivity contribution in [3.8, 4) is 5.75 Å². The molecule has 0 atom stereocenters. The van der Waals surface area contributed by atoms with Crippen molar-refractivity contribution >= 4 is 5.69 Å². The second-order valence-corrected chi connectivity index (χ2v) is 7.61. The van der Waals surface area contributed by atoms with E-state index in [4.69, 9.17) is 9.84 Å². The third-order valence-corrected chi connectivity index (χ3v) is 5.92. The van der Waals surface area contributed by atoms with Gasteiger partial charge in [-0.2, -0.15) is 0 Å². The number of aliphatic hydroxyl groups excluding tert-OH is 1. The van der Waals surface area contributed by atoms with Crippen LogP contribution < -0.4 is 9.64 Å². The molecule has 0 aromatic heterocycles. The first kappa shape index (κ1) is 18.3. The highest BCUT2D eigenvalue weighted by Gasteiger charge is 2.28. The molecule has 144 valence electrons. The molecule has 4 heteroatoms. The average molecular weight is 367 g/mol. The predicted molar refractivity (Wildman–Crippen MR) is 110 cm³/mol. The lowest BCUT2D eigenvalue weighted by Gasteiger charge is -2.38. The molecule has 0 saturated carbocycles. The van der Waals surface area contributed by atoms with Crippen molar-refractivity contribution in [1.82, 2.24) is 4.90 Å². The Morgan fingerprint density at radius 2 is 1.74 bits per heavy atom. The number of likely N-dealkylation sites (tertiary alicyclic amines) is 1. The lowest BCUT2D eigenvalue weighted by molar-refractivity contribution is 0.201. The number of hydrogen-bond acceptors (Lipinski definition) is 4. The van der Waals surface area contributed by atoms with Gasteiger partial charge in [0.05, 0.1) is 6.61 Å². The Balaban J connectivity index is 1.23. The lowest BCUT2D eigenvalue weighted by atomic mass is 10.0. The third-order valence-electron chi connectivity index (χ3n) is 5.92. The number of anilines is 1. The van der Waals surface area contributed by atoms with Crippen molar-refractivity contribution in [3.63, 3.8) is 0 Å². The van der Waals surface area contributed by atoms with Gasteiger partial charge >= 0.3 is 0 Å². The van der Waals surface area contributed by atoms with Crippen molar-refractivity contribution in [2.24, 2.45) is 0 Å². The minimum Gasteiger partial charge on any atom is -0.491 e.